The Morgan fingerprint density at radius 1 is 0.905 bits per heavy atom. The summed E-state index contributed by atoms with van der Waals surface area (Å²) < 4.78 is 0. The van der Waals surface area contributed by atoms with Gasteiger partial charge in [0, 0.05) is 28.2 Å². The van der Waals surface area contributed by atoms with Crippen LogP contribution in [0.2, 0.25) is 10.0 Å². The third kappa shape index (κ3) is 3.92. The average Bonchev–Trinajstić information content (AvgIpc) is 2.53. The van der Waals surface area contributed by atoms with Crippen LogP contribution >= 0.6 is 23.2 Å². The Hall–Kier alpha value is -0.280. The molecule has 0 saturated carbocycles. The van der Waals surface area contributed by atoms with Crippen LogP contribution in [0, 0.1) is 0 Å². The van der Waals surface area contributed by atoms with Crippen LogP contribution in [0.5, 0.6) is 0 Å². The molecular formula is C17H24Cl2N2. The molecule has 1 aromatic rings. The number of rotatable bonds is 3. The Labute approximate surface area is 138 Å². The number of hydrogen-bond acceptors (Lipinski definition) is 2. The molecule has 2 aliphatic heterocycles. The molecule has 2 saturated heterocycles. The van der Waals surface area contributed by atoms with Crippen LogP contribution in [0.15, 0.2) is 18.2 Å². The summed E-state index contributed by atoms with van der Waals surface area (Å²) in [7, 11) is 0. The highest BCUT2D eigenvalue weighted by Gasteiger charge is 2.26. The molecule has 0 aromatic heterocycles. The van der Waals surface area contributed by atoms with Crippen molar-refractivity contribution in [3.63, 3.8) is 0 Å². The van der Waals surface area contributed by atoms with Crippen LogP contribution in [-0.4, -0.2) is 42.0 Å². The summed E-state index contributed by atoms with van der Waals surface area (Å²) in [5.74, 6) is 0. The van der Waals surface area contributed by atoms with Crippen molar-refractivity contribution < 1.29 is 0 Å². The second-order valence-electron chi connectivity index (χ2n) is 6.30. The average molecular weight is 327 g/mol. The molecule has 0 aliphatic carbocycles. The largest absolute Gasteiger partial charge is 0.300 e. The molecule has 0 spiro atoms. The molecule has 116 valence electrons. The number of likely N-dealkylation sites (tertiary alicyclic amines) is 2. The minimum atomic E-state index is 0.792. The van der Waals surface area contributed by atoms with E-state index in [0.717, 1.165) is 41.3 Å². The SMILES string of the molecule is Clc1cccc(Cl)c1CN1CCC(N2CCCCC2)CC1. The molecule has 2 fully saturated rings. The maximum absolute atomic E-state index is 6.28. The van der Waals surface area contributed by atoms with Crippen LogP contribution < -0.4 is 0 Å². The fraction of sp³-hybridized carbons (Fsp3) is 0.647. The Morgan fingerprint density at radius 3 is 2.14 bits per heavy atom. The van der Waals surface area contributed by atoms with Crippen molar-refractivity contribution in [1.82, 2.24) is 9.80 Å². The Morgan fingerprint density at radius 2 is 1.52 bits per heavy atom. The summed E-state index contributed by atoms with van der Waals surface area (Å²) in [6.45, 7) is 5.80. The van der Waals surface area contributed by atoms with Crippen molar-refractivity contribution in [2.24, 2.45) is 0 Å². The van der Waals surface area contributed by atoms with E-state index in [-0.39, 0.29) is 0 Å². The van der Waals surface area contributed by atoms with E-state index in [1.165, 1.54) is 45.2 Å². The van der Waals surface area contributed by atoms with Gasteiger partial charge >= 0.3 is 0 Å². The van der Waals surface area contributed by atoms with Gasteiger partial charge in [-0.2, -0.15) is 0 Å². The fourth-order valence-corrected chi connectivity index (χ4v) is 4.15. The lowest BCUT2D eigenvalue weighted by Gasteiger charge is -2.40. The predicted octanol–water partition coefficient (Wildman–Crippen LogP) is 4.44. The van der Waals surface area contributed by atoms with Crippen molar-refractivity contribution >= 4 is 23.2 Å². The molecule has 1 aromatic carbocycles. The van der Waals surface area contributed by atoms with Crippen molar-refractivity contribution in [2.45, 2.75) is 44.7 Å². The molecule has 0 amide bonds. The van der Waals surface area contributed by atoms with Gasteiger partial charge in [-0.25, -0.2) is 0 Å². The van der Waals surface area contributed by atoms with Gasteiger partial charge in [0.2, 0.25) is 0 Å². The van der Waals surface area contributed by atoms with Crippen LogP contribution in [0.1, 0.15) is 37.7 Å². The third-order valence-corrected chi connectivity index (χ3v) is 5.62. The zero-order valence-electron chi connectivity index (χ0n) is 12.5. The zero-order valence-corrected chi connectivity index (χ0v) is 14.0. The van der Waals surface area contributed by atoms with Crippen molar-refractivity contribution in [1.29, 1.82) is 0 Å². The first-order chi connectivity index (χ1) is 10.2. The Bertz CT molecular complexity index is 444. The summed E-state index contributed by atoms with van der Waals surface area (Å²) in [6.07, 6.45) is 6.75. The molecule has 0 bridgehead atoms. The smallest absolute Gasteiger partial charge is 0.0465 e. The number of hydrogen-bond donors (Lipinski definition) is 0. The van der Waals surface area contributed by atoms with E-state index in [0.29, 0.717) is 0 Å². The standard InChI is InChI=1S/C17H24Cl2N2/c18-16-5-4-6-17(19)15(16)13-20-11-7-14(8-12-20)21-9-2-1-3-10-21/h4-6,14H,1-3,7-13H2. The monoisotopic (exact) mass is 326 g/mol. The Kier molecular flexibility index (Phi) is 5.44. The number of nitrogens with zero attached hydrogens (tertiary/aromatic N) is 2. The van der Waals surface area contributed by atoms with Gasteiger partial charge in [-0.1, -0.05) is 35.7 Å². The minimum Gasteiger partial charge on any atom is -0.300 e. The predicted molar refractivity (Wildman–Crippen MR) is 90.2 cm³/mol. The molecule has 0 radical (unpaired) electrons. The van der Waals surface area contributed by atoms with Gasteiger partial charge in [-0.3, -0.25) is 4.90 Å². The van der Waals surface area contributed by atoms with Gasteiger partial charge in [0.15, 0.2) is 0 Å². The highest BCUT2D eigenvalue weighted by atomic mass is 35.5. The molecular weight excluding hydrogens is 303 g/mol. The molecule has 0 unspecified atom stereocenters. The number of benzene rings is 1. The zero-order chi connectivity index (χ0) is 14.7. The third-order valence-electron chi connectivity index (χ3n) is 4.91. The van der Waals surface area contributed by atoms with E-state index >= 15 is 0 Å². The lowest BCUT2D eigenvalue weighted by atomic mass is 9.99. The summed E-state index contributed by atoms with van der Waals surface area (Å²) >= 11 is 12.6. The molecule has 21 heavy (non-hydrogen) atoms. The van der Waals surface area contributed by atoms with E-state index in [1.54, 1.807) is 0 Å². The molecule has 2 heterocycles. The molecule has 0 N–H and O–H groups in total. The van der Waals surface area contributed by atoms with Gasteiger partial charge in [-0.05, 0) is 64.0 Å². The lowest BCUT2D eigenvalue weighted by molar-refractivity contribution is 0.0897. The summed E-state index contributed by atoms with van der Waals surface area (Å²) in [6, 6.07) is 6.58. The normalized spacial score (nSPS) is 22.6. The number of piperidine rings is 2. The summed E-state index contributed by atoms with van der Waals surface area (Å²) in [5, 5.41) is 1.58. The van der Waals surface area contributed by atoms with E-state index in [9.17, 15) is 0 Å². The minimum absolute atomic E-state index is 0.792. The van der Waals surface area contributed by atoms with E-state index in [1.807, 2.05) is 18.2 Å². The molecule has 3 rings (SSSR count). The van der Waals surface area contributed by atoms with Crippen molar-refractivity contribution in [2.75, 3.05) is 26.2 Å². The maximum atomic E-state index is 6.28. The van der Waals surface area contributed by atoms with Crippen LogP contribution in [-0.2, 0) is 6.54 Å². The van der Waals surface area contributed by atoms with E-state index in [2.05, 4.69) is 9.80 Å². The Balaban J connectivity index is 1.54. The maximum Gasteiger partial charge on any atom is 0.0465 e. The van der Waals surface area contributed by atoms with Gasteiger partial charge < -0.3 is 4.90 Å². The van der Waals surface area contributed by atoms with Crippen molar-refractivity contribution in [3.05, 3.63) is 33.8 Å². The first-order valence-electron chi connectivity index (χ1n) is 8.13. The topological polar surface area (TPSA) is 6.48 Å². The highest BCUT2D eigenvalue weighted by Crippen LogP contribution is 2.28. The number of halogens is 2. The molecule has 2 aliphatic rings. The summed E-state index contributed by atoms with van der Waals surface area (Å²) in [5.41, 5.74) is 1.08. The highest BCUT2D eigenvalue weighted by molar-refractivity contribution is 6.35. The van der Waals surface area contributed by atoms with Gasteiger partial charge in [0.05, 0.1) is 0 Å². The fourth-order valence-electron chi connectivity index (χ4n) is 3.63. The molecule has 2 nitrogen and oxygen atoms in total. The lowest BCUT2D eigenvalue weighted by Crippen LogP contribution is -2.46. The van der Waals surface area contributed by atoms with Gasteiger partial charge in [-0.15, -0.1) is 0 Å². The van der Waals surface area contributed by atoms with Crippen LogP contribution in [0.25, 0.3) is 0 Å². The van der Waals surface area contributed by atoms with Crippen molar-refractivity contribution in [3.8, 4) is 0 Å². The molecule has 4 heteroatoms. The first kappa shape index (κ1) is 15.6. The second kappa shape index (κ2) is 7.32. The van der Waals surface area contributed by atoms with Gasteiger partial charge in [0.1, 0.15) is 0 Å². The quantitative estimate of drug-likeness (QED) is 0.810. The summed E-state index contributed by atoms with van der Waals surface area (Å²) in [4.78, 5) is 5.21. The van der Waals surface area contributed by atoms with Crippen LogP contribution in [0.4, 0.5) is 0 Å². The van der Waals surface area contributed by atoms with Crippen LogP contribution in [0.3, 0.4) is 0 Å². The van der Waals surface area contributed by atoms with Gasteiger partial charge in [0.25, 0.3) is 0 Å². The first-order valence-corrected chi connectivity index (χ1v) is 8.89. The van der Waals surface area contributed by atoms with E-state index < -0.39 is 0 Å². The van der Waals surface area contributed by atoms with E-state index in [4.69, 9.17) is 23.2 Å². The second-order valence-corrected chi connectivity index (χ2v) is 7.12. The molecule has 0 atom stereocenters.